The average Bonchev–Trinajstić information content (AvgIpc) is 2.67. The summed E-state index contributed by atoms with van der Waals surface area (Å²) in [5.41, 5.74) is 3.01. The Bertz CT molecular complexity index is 978. The largest absolute Gasteiger partial charge is 0.495 e. The lowest BCUT2D eigenvalue weighted by Crippen LogP contribution is -2.45. The van der Waals surface area contributed by atoms with Gasteiger partial charge in [0.05, 0.1) is 36.0 Å². The Kier molecular flexibility index (Phi) is 5.38. The Morgan fingerprint density at radius 1 is 1.26 bits per heavy atom. The molecule has 7 heteroatoms. The Balaban J connectivity index is 1.98. The summed E-state index contributed by atoms with van der Waals surface area (Å²) in [7, 11) is 1.55. The summed E-state index contributed by atoms with van der Waals surface area (Å²) in [4.78, 5) is 13.1. The predicted octanol–water partition coefficient (Wildman–Crippen LogP) is 3.00. The summed E-state index contributed by atoms with van der Waals surface area (Å²) in [5, 5.41) is 18.6. The number of carbonyl (C=O) groups excluding carboxylic acids is 1. The lowest BCUT2D eigenvalue weighted by atomic mass is 9.94. The number of hydrogen-bond acceptors (Lipinski definition) is 4. The van der Waals surface area contributed by atoms with Gasteiger partial charge in [-0.05, 0) is 49.0 Å². The van der Waals surface area contributed by atoms with E-state index >= 15 is 0 Å². The van der Waals surface area contributed by atoms with E-state index in [4.69, 9.17) is 17.0 Å². The second-order valence-corrected chi connectivity index (χ2v) is 6.37. The van der Waals surface area contributed by atoms with Crippen LogP contribution < -0.4 is 20.7 Å². The van der Waals surface area contributed by atoms with Crippen molar-refractivity contribution in [3.05, 3.63) is 70.9 Å². The smallest absolute Gasteiger partial charge is 0.255 e. The molecule has 6 nitrogen and oxygen atoms in total. The summed E-state index contributed by atoms with van der Waals surface area (Å²) in [6.45, 7) is 1.80. The van der Waals surface area contributed by atoms with E-state index in [1.165, 1.54) is 0 Å². The topological polar surface area (TPSA) is 86.2 Å². The van der Waals surface area contributed by atoms with Crippen LogP contribution in [-0.4, -0.2) is 18.1 Å². The van der Waals surface area contributed by atoms with Crippen LogP contribution in [0.5, 0.6) is 5.75 Å². The maximum Gasteiger partial charge on any atom is 0.255 e. The van der Waals surface area contributed by atoms with Gasteiger partial charge in [-0.3, -0.25) is 4.79 Å². The highest BCUT2D eigenvalue weighted by Crippen LogP contribution is 2.30. The third kappa shape index (κ3) is 3.91. The van der Waals surface area contributed by atoms with Crippen molar-refractivity contribution in [3.8, 4) is 11.8 Å². The molecule has 3 N–H and O–H groups in total. The second-order valence-electron chi connectivity index (χ2n) is 5.96. The molecule has 0 bridgehead atoms. The summed E-state index contributed by atoms with van der Waals surface area (Å²) in [6.07, 6.45) is 0. The number of rotatable bonds is 4. The zero-order valence-corrected chi connectivity index (χ0v) is 15.7. The minimum Gasteiger partial charge on any atom is -0.495 e. The van der Waals surface area contributed by atoms with Crippen LogP contribution in [-0.2, 0) is 4.79 Å². The number of nitrogens with zero attached hydrogens (tertiary/aromatic N) is 1. The number of nitriles is 1. The van der Waals surface area contributed by atoms with Crippen molar-refractivity contribution in [2.24, 2.45) is 0 Å². The first kappa shape index (κ1) is 18.4. The van der Waals surface area contributed by atoms with Crippen molar-refractivity contribution >= 4 is 28.9 Å². The first-order valence-electron chi connectivity index (χ1n) is 8.26. The van der Waals surface area contributed by atoms with E-state index in [0.29, 0.717) is 33.4 Å². The molecule has 27 heavy (non-hydrogen) atoms. The number of carbonyl (C=O) groups is 1. The first-order chi connectivity index (χ1) is 13.0. The molecule has 0 saturated carbocycles. The number of benzene rings is 2. The Morgan fingerprint density at radius 3 is 2.78 bits per heavy atom. The van der Waals surface area contributed by atoms with Gasteiger partial charge < -0.3 is 20.7 Å². The second kappa shape index (κ2) is 7.89. The molecule has 1 amide bonds. The van der Waals surface area contributed by atoms with Gasteiger partial charge in [0, 0.05) is 5.70 Å². The molecule has 0 spiro atoms. The van der Waals surface area contributed by atoms with Gasteiger partial charge in [0.1, 0.15) is 5.75 Å². The number of methoxy groups -OCH3 is 1. The fraction of sp³-hybridized carbons (Fsp3) is 0.150. The van der Waals surface area contributed by atoms with Gasteiger partial charge in [-0.1, -0.05) is 24.3 Å². The van der Waals surface area contributed by atoms with Crippen LogP contribution in [0.2, 0.25) is 0 Å². The Morgan fingerprint density at radius 2 is 2.04 bits per heavy atom. The van der Waals surface area contributed by atoms with Crippen molar-refractivity contribution in [1.82, 2.24) is 10.6 Å². The van der Waals surface area contributed by atoms with Crippen molar-refractivity contribution in [1.29, 1.82) is 5.26 Å². The van der Waals surface area contributed by atoms with Gasteiger partial charge in [-0.15, -0.1) is 0 Å². The van der Waals surface area contributed by atoms with E-state index in [0.717, 1.165) is 5.56 Å². The van der Waals surface area contributed by atoms with E-state index in [2.05, 4.69) is 22.0 Å². The highest BCUT2D eigenvalue weighted by atomic mass is 32.1. The minimum absolute atomic E-state index is 0.285. The highest BCUT2D eigenvalue weighted by Gasteiger charge is 2.30. The molecule has 0 radical (unpaired) electrons. The fourth-order valence-electron chi connectivity index (χ4n) is 2.97. The quantitative estimate of drug-likeness (QED) is 0.709. The van der Waals surface area contributed by atoms with E-state index in [-0.39, 0.29) is 5.91 Å². The van der Waals surface area contributed by atoms with Gasteiger partial charge in [0.25, 0.3) is 5.91 Å². The maximum atomic E-state index is 13.1. The number of hydrogen-bond donors (Lipinski definition) is 3. The molecular weight excluding hydrogens is 360 g/mol. The predicted molar refractivity (Wildman–Crippen MR) is 107 cm³/mol. The monoisotopic (exact) mass is 378 g/mol. The molecule has 0 fully saturated rings. The fourth-order valence-corrected chi connectivity index (χ4v) is 3.24. The standard InChI is InChI=1S/C20H18N4O2S/c1-12-17(19(25)23-15-8-3-4-9-16(15)26-2)18(24-20(27)22-12)14-7-5-6-13(10-14)11-21/h3-10,18H,1-2H3,(H,23,25)(H2,22,24,27). The zero-order valence-electron chi connectivity index (χ0n) is 14.9. The van der Waals surface area contributed by atoms with Crippen molar-refractivity contribution in [2.75, 3.05) is 12.4 Å². The minimum atomic E-state index is -0.471. The molecule has 1 atom stereocenters. The number of allylic oxidation sites excluding steroid dienone is 1. The number of thiocarbonyl (C=S) groups is 1. The van der Waals surface area contributed by atoms with Crippen LogP contribution in [0.4, 0.5) is 5.69 Å². The lowest BCUT2D eigenvalue weighted by Gasteiger charge is -2.30. The Labute approximate surface area is 162 Å². The van der Waals surface area contributed by atoms with Crippen LogP contribution >= 0.6 is 12.2 Å². The molecule has 1 heterocycles. The SMILES string of the molecule is COc1ccccc1NC(=O)C1=C(C)NC(=S)NC1c1cccc(C#N)c1. The maximum absolute atomic E-state index is 13.1. The lowest BCUT2D eigenvalue weighted by molar-refractivity contribution is -0.113. The molecule has 1 aliphatic rings. The normalized spacial score (nSPS) is 16.0. The van der Waals surface area contributed by atoms with Gasteiger partial charge in [-0.25, -0.2) is 0 Å². The summed E-state index contributed by atoms with van der Waals surface area (Å²) < 4.78 is 5.30. The van der Waals surface area contributed by atoms with E-state index in [9.17, 15) is 10.1 Å². The van der Waals surface area contributed by atoms with Gasteiger partial charge in [-0.2, -0.15) is 5.26 Å². The number of nitrogens with one attached hydrogen (secondary N) is 3. The van der Waals surface area contributed by atoms with E-state index in [1.807, 2.05) is 18.2 Å². The number of para-hydroxylation sites is 2. The molecule has 3 rings (SSSR count). The highest BCUT2D eigenvalue weighted by molar-refractivity contribution is 7.80. The summed E-state index contributed by atoms with van der Waals surface area (Å²) in [6, 6.07) is 15.9. The van der Waals surface area contributed by atoms with Crippen LogP contribution in [0.15, 0.2) is 59.8 Å². The third-order valence-corrected chi connectivity index (χ3v) is 4.44. The van der Waals surface area contributed by atoms with Crippen LogP contribution in [0.1, 0.15) is 24.1 Å². The number of ether oxygens (including phenoxy) is 1. The average molecular weight is 378 g/mol. The molecule has 136 valence electrons. The first-order valence-corrected chi connectivity index (χ1v) is 8.67. The molecule has 2 aromatic carbocycles. The molecule has 0 aliphatic carbocycles. The molecular formula is C20H18N4O2S. The summed E-state index contributed by atoms with van der Waals surface area (Å²) >= 11 is 5.26. The van der Waals surface area contributed by atoms with E-state index in [1.54, 1.807) is 44.4 Å². The Hall–Kier alpha value is -3.37. The molecule has 0 saturated heterocycles. The van der Waals surface area contributed by atoms with Crippen molar-refractivity contribution in [2.45, 2.75) is 13.0 Å². The van der Waals surface area contributed by atoms with E-state index < -0.39 is 6.04 Å². The van der Waals surface area contributed by atoms with Crippen molar-refractivity contribution in [3.63, 3.8) is 0 Å². The number of amides is 1. The van der Waals surface area contributed by atoms with Crippen molar-refractivity contribution < 1.29 is 9.53 Å². The third-order valence-electron chi connectivity index (χ3n) is 4.22. The van der Waals surface area contributed by atoms with Gasteiger partial charge >= 0.3 is 0 Å². The molecule has 2 aromatic rings. The van der Waals surface area contributed by atoms with Crippen LogP contribution in [0.3, 0.4) is 0 Å². The molecule has 1 unspecified atom stereocenters. The molecule has 1 aliphatic heterocycles. The van der Waals surface area contributed by atoms with Gasteiger partial charge in [0.15, 0.2) is 5.11 Å². The van der Waals surface area contributed by atoms with Crippen LogP contribution in [0.25, 0.3) is 0 Å². The zero-order chi connectivity index (χ0) is 19.4. The summed E-state index contributed by atoms with van der Waals surface area (Å²) in [5.74, 6) is 0.284. The van der Waals surface area contributed by atoms with Crippen LogP contribution in [0, 0.1) is 11.3 Å². The number of anilines is 1. The van der Waals surface area contributed by atoms with Gasteiger partial charge in [0.2, 0.25) is 0 Å². The molecule has 0 aromatic heterocycles.